The van der Waals surface area contributed by atoms with Crippen LogP contribution in [0.3, 0.4) is 0 Å². The van der Waals surface area contributed by atoms with Crippen LogP contribution in [0.25, 0.3) is 22.1 Å². The summed E-state index contributed by atoms with van der Waals surface area (Å²) in [6, 6.07) is 10.4. The molecule has 0 aliphatic heterocycles. The van der Waals surface area contributed by atoms with Crippen molar-refractivity contribution in [2.45, 2.75) is 13.8 Å². The van der Waals surface area contributed by atoms with E-state index in [-0.39, 0.29) is 11.4 Å². The van der Waals surface area contributed by atoms with Crippen molar-refractivity contribution in [1.29, 1.82) is 0 Å². The molecule has 0 aliphatic rings. The number of aromatic nitrogens is 2. The highest BCUT2D eigenvalue weighted by Crippen LogP contribution is 2.20. The van der Waals surface area contributed by atoms with Crippen LogP contribution in [0, 0.1) is 19.7 Å². The molecule has 5 heteroatoms. The normalized spacial score (nSPS) is 12.6. The molecule has 0 bridgehead atoms. The Morgan fingerprint density at radius 2 is 1.91 bits per heavy atom. The van der Waals surface area contributed by atoms with Gasteiger partial charge < -0.3 is 0 Å². The molecule has 0 fully saturated rings. The summed E-state index contributed by atoms with van der Waals surface area (Å²) < 4.78 is 15.9. The van der Waals surface area contributed by atoms with Crippen LogP contribution in [0.4, 0.5) is 4.39 Å². The number of benzene rings is 2. The van der Waals surface area contributed by atoms with Crippen LogP contribution >= 0.6 is 11.3 Å². The zero-order chi connectivity index (χ0) is 16.1. The van der Waals surface area contributed by atoms with Gasteiger partial charge in [0.2, 0.25) is 0 Å². The van der Waals surface area contributed by atoms with E-state index in [0.29, 0.717) is 15.1 Å². The Hall–Kier alpha value is -2.53. The Morgan fingerprint density at radius 1 is 1.17 bits per heavy atom. The number of halogens is 1. The smallest absolute Gasteiger partial charge is 0.267 e. The van der Waals surface area contributed by atoms with Gasteiger partial charge in [-0.3, -0.25) is 4.79 Å². The van der Waals surface area contributed by atoms with Crippen LogP contribution in [-0.4, -0.2) is 9.38 Å². The van der Waals surface area contributed by atoms with E-state index in [9.17, 15) is 9.18 Å². The molecule has 0 unspecified atom stereocenters. The van der Waals surface area contributed by atoms with Gasteiger partial charge in [0.25, 0.3) is 5.56 Å². The maximum Gasteiger partial charge on any atom is 0.274 e. The molecule has 0 radical (unpaired) electrons. The van der Waals surface area contributed by atoms with Crippen molar-refractivity contribution in [2.75, 3.05) is 0 Å². The van der Waals surface area contributed by atoms with Gasteiger partial charge in [-0.25, -0.2) is 13.8 Å². The third-order valence-corrected chi connectivity index (χ3v) is 5.01. The minimum absolute atomic E-state index is 0.154. The van der Waals surface area contributed by atoms with Gasteiger partial charge in [0.1, 0.15) is 5.82 Å². The van der Waals surface area contributed by atoms with E-state index < -0.39 is 0 Å². The summed E-state index contributed by atoms with van der Waals surface area (Å²) in [4.78, 5) is 17.9. The standard InChI is InChI=1S/C18H13FN2OS/c1-10-7-14-15(8-11(10)2)21-17(22)16(23-18(21)20-14)9-12-5-3-4-6-13(12)19/h3-9H,1-2H3. The fourth-order valence-electron chi connectivity index (χ4n) is 2.65. The highest BCUT2D eigenvalue weighted by Gasteiger charge is 2.12. The molecule has 2 heterocycles. The number of fused-ring (bicyclic) bond motifs is 3. The summed E-state index contributed by atoms with van der Waals surface area (Å²) >= 11 is 1.28. The zero-order valence-electron chi connectivity index (χ0n) is 12.6. The minimum atomic E-state index is -0.339. The van der Waals surface area contributed by atoms with Gasteiger partial charge in [-0.05, 0) is 49.2 Å². The molecule has 4 rings (SSSR count). The van der Waals surface area contributed by atoms with Gasteiger partial charge in [0.15, 0.2) is 4.96 Å². The number of rotatable bonds is 1. The fourth-order valence-corrected chi connectivity index (χ4v) is 3.63. The number of aryl methyl sites for hydroxylation is 2. The Balaban J connectivity index is 2.05. The molecule has 4 aromatic rings. The highest BCUT2D eigenvalue weighted by atomic mass is 32.1. The molecule has 3 nitrogen and oxygen atoms in total. The summed E-state index contributed by atoms with van der Waals surface area (Å²) in [5.41, 5.74) is 4.13. The summed E-state index contributed by atoms with van der Waals surface area (Å²) in [6.45, 7) is 4.04. The van der Waals surface area contributed by atoms with Gasteiger partial charge >= 0.3 is 0 Å². The maximum atomic E-state index is 13.8. The Bertz CT molecular complexity index is 1170. The van der Waals surface area contributed by atoms with Crippen LogP contribution in [0.1, 0.15) is 16.7 Å². The fraction of sp³-hybridized carbons (Fsp3) is 0.111. The van der Waals surface area contributed by atoms with E-state index >= 15 is 0 Å². The number of imidazole rings is 1. The van der Waals surface area contributed by atoms with Crippen LogP contribution in [0.5, 0.6) is 0 Å². The van der Waals surface area contributed by atoms with E-state index in [0.717, 1.165) is 22.2 Å². The lowest BCUT2D eigenvalue weighted by atomic mass is 10.1. The Labute approximate surface area is 135 Å². The molecule has 2 aromatic carbocycles. The molecule has 0 saturated heterocycles. The van der Waals surface area contributed by atoms with Gasteiger partial charge in [0, 0.05) is 5.56 Å². The molecule has 0 spiro atoms. The van der Waals surface area contributed by atoms with Gasteiger partial charge in [-0.15, -0.1) is 0 Å². The third-order valence-electron chi connectivity index (χ3n) is 4.05. The van der Waals surface area contributed by atoms with Crippen molar-refractivity contribution in [1.82, 2.24) is 9.38 Å². The molecule has 0 amide bonds. The van der Waals surface area contributed by atoms with E-state index in [4.69, 9.17) is 0 Å². The number of thiazole rings is 1. The SMILES string of the molecule is Cc1cc2nc3sc(=Cc4ccccc4F)c(=O)n3c2cc1C. The summed E-state index contributed by atoms with van der Waals surface area (Å²) in [7, 11) is 0. The Kier molecular flexibility index (Phi) is 3.06. The summed E-state index contributed by atoms with van der Waals surface area (Å²) in [5.74, 6) is -0.339. The predicted molar refractivity (Wildman–Crippen MR) is 91.5 cm³/mol. The molecule has 0 atom stereocenters. The van der Waals surface area contributed by atoms with Crippen molar-refractivity contribution in [3.63, 3.8) is 0 Å². The number of hydrogen-bond donors (Lipinski definition) is 0. The second-order valence-electron chi connectivity index (χ2n) is 5.59. The topological polar surface area (TPSA) is 34.4 Å². The lowest BCUT2D eigenvalue weighted by molar-refractivity contribution is 0.625. The highest BCUT2D eigenvalue weighted by molar-refractivity contribution is 7.15. The van der Waals surface area contributed by atoms with E-state index in [2.05, 4.69) is 4.98 Å². The van der Waals surface area contributed by atoms with Crippen molar-refractivity contribution in [3.05, 3.63) is 73.8 Å². The molecular weight excluding hydrogens is 311 g/mol. The van der Waals surface area contributed by atoms with Crippen molar-refractivity contribution >= 4 is 33.4 Å². The van der Waals surface area contributed by atoms with Gasteiger partial charge in [-0.1, -0.05) is 29.5 Å². The van der Waals surface area contributed by atoms with Gasteiger partial charge in [-0.2, -0.15) is 0 Å². The average molecular weight is 324 g/mol. The number of nitrogens with zero attached hydrogens (tertiary/aromatic N) is 2. The first-order valence-electron chi connectivity index (χ1n) is 7.23. The second-order valence-corrected chi connectivity index (χ2v) is 6.60. The molecular formula is C18H13FN2OS. The monoisotopic (exact) mass is 324 g/mol. The molecule has 23 heavy (non-hydrogen) atoms. The molecule has 114 valence electrons. The first-order chi connectivity index (χ1) is 11.0. The molecule has 0 aliphatic carbocycles. The van der Waals surface area contributed by atoms with Crippen LogP contribution in [-0.2, 0) is 0 Å². The van der Waals surface area contributed by atoms with E-state index in [1.54, 1.807) is 28.7 Å². The largest absolute Gasteiger partial charge is 0.274 e. The summed E-state index contributed by atoms with van der Waals surface area (Å²) in [6.07, 6.45) is 1.59. The molecule has 0 N–H and O–H groups in total. The lowest BCUT2D eigenvalue weighted by Gasteiger charge is -1.98. The first-order valence-corrected chi connectivity index (χ1v) is 8.05. The minimum Gasteiger partial charge on any atom is -0.267 e. The van der Waals surface area contributed by atoms with Crippen molar-refractivity contribution < 1.29 is 4.39 Å². The van der Waals surface area contributed by atoms with E-state index in [1.807, 2.05) is 26.0 Å². The quantitative estimate of drug-likeness (QED) is 0.539. The van der Waals surface area contributed by atoms with Crippen LogP contribution < -0.4 is 10.1 Å². The first kappa shape index (κ1) is 14.1. The molecule has 0 saturated carbocycles. The molecule has 2 aromatic heterocycles. The van der Waals surface area contributed by atoms with Gasteiger partial charge in [0.05, 0.1) is 15.6 Å². The maximum absolute atomic E-state index is 13.8. The predicted octanol–water partition coefficient (Wildman–Crippen LogP) is 3.21. The van der Waals surface area contributed by atoms with Crippen molar-refractivity contribution in [3.8, 4) is 0 Å². The van der Waals surface area contributed by atoms with Crippen LogP contribution in [0.2, 0.25) is 0 Å². The lowest BCUT2D eigenvalue weighted by Crippen LogP contribution is -2.22. The van der Waals surface area contributed by atoms with Crippen LogP contribution in [0.15, 0.2) is 41.2 Å². The number of hydrogen-bond acceptors (Lipinski definition) is 3. The second kappa shape index (κ2) is 4.99. The zero-order valence-corrected chi connectivity index (χ0v) is 13.4. The third kappa shape index (κ3) is 2.16. The van der Waals surface area contributed by atoms with Crippen molar-refractivity contribution in [2.24, 2.45) is 0 Å². The Morgan fingerprint density at radius 3 is 2.70 bits per heavy atom. The average Bonchev–Trinajstić information content (AvgIpc) is 3.00. The van der Waals surface area contributed by atoms with E-state index in [1.165, 1.54) is 17.4 Å². The summed E-state index contributed by atoms with van der Waals surface area (Å²) in [5, 5.41) is 0.